The van der Waals surface area contributed by atoms with Crippen molar-refractivity contribution in [2.45, 2.75) is 44.4 Å². The molecule has 1 saturated heterocycles. The van der Waals surface area contributed by atoms with E-state index in [2.05, 4.69) is 0 Å². The summed E-state index contributed by atoms with van der Waals surface area (Å²) in [4.78, 5) is 37.0. The Balaban J connectivity index is 2.96. The predicted octanol–water partition coefficient (Wildman–Crippen LogP) is 0.701. The minimum Gasteiger partial charge on any atom is -0.467 e. The van der Waals surface area contributed by atoms with Gasteiger partial charge in [0.05, 0.1) is 20.8 Å². The second kappa shape index (κ2) is 10.1. The van der Waals surface area contributed by atoms with Gasteiger partial charge in [0.25, 0.3) is 0 Å². The summed E-state index contributed by atoms with van der Waals surface area (Å²) >= 11 is 0. The maximum atomic E-state index is 12.2. The molecule has 0 aromatic rings. The van der Waals surface area contributed by atoms with Crippen molar-refractivity contribution >= 4 is 18.0 Å². The molecule has 1 amide bonds. The number of ether oxygens (including phenoxy) is 5. The fourth-order valence-corrected chi connectivity index (χ4v) is 2.80. The van der Waals surface area contributed by atoms with Crippen LogP contribution in [0.3, 0.4) is 0 Å². The van der Waals surface area contributed by atoms with Gasteiger partial charge in [0.2, 0.25) is 0 Å². The number of hydrogen-bond donors (Lipinski definition) is 0. The van der Waals surface area contributed by atoms with Crippen LogP contribution in [0.5, 0.6) is 0 Å². The van der Waals surface area contributed by atoms with Crippen LogP contribution in [0, 0.1) is 0 Å². The van der Waals surface area contributed by atoms with E-state index in [1.54, 1.807) is 0 Å². The highest BCUT2D eigenvalue weighted by atomic mass is 16.7. The molecule has 9 nitrogen and oxygen atoms in total. The molecule has 0 aliphatic carbocycles. The molecule has 1 aliphatic heterocycles. The fourth-order valence-electron chi connectivity index (χ4n) is 2.80. The summed E-state index contributed by atoms with van der Waals surface area (Å²) in [5, 5.41) is 0. The van der Waals surface area contributed by atoms with E-state index in [1.165, 1.54) is 33.2 Å². The molecule has 1 fully saturated rings. The molecule has 1 rings (SSSR count). The minimum atomic E-state index is -1.05. The van der Waals surface area contributed by atoms with E-state index in [1.807, 2.05) is 0 Å². The minimum absolute atomic E-state index is 0.140. The first-order valence-electron chi connectivity index (χ1n) is 7.64. The molecule has 0 bridgehead atoms. The summed E-state index contributed by atoms with van der Waals surface area (Å²) < 4.78 is 24.9. The number of piperidine rings is 1. The van der Waals surface area contributed by atoms with Crippen LogP contribution < -0.4 is 0 Å². The van der Waals surface area contributed by atoms with Gasteiger partial charge in [-0.1, -0.05) is 0 Å². The Morgan fingerprint density at radius 3 is 2.33 bits per heavy atom. The standard InChI is InChI=1S/C15H25NO8/c1-10(17)24-12-6-5-11(7-8-23-9-20-2)16(15(19)22-4)13(12)14(18)21-3/h11-13H,5-9H2,1-4H3/t11-,12-,13+/m0/s1. The van der Waals surface area contributed by atoms with Gasteiger partial charge in [0.15, 0.2) is 6.04 Å². The summed E-state index contributed by atoms with van der Waals surface area (Å²) in [6.07, 6.45) is 0.00131. The quantitative estimate of drug-likeness (QED) is 0.287. The monoisotopic (exact) mass is 347 g/mol. The highest BCUT2D eigenvalue weighted by Crippen LogP contribution is 2.29. The van der Waals surface area contributed by atoms with Crippen molar-refractivity contribution in [1.29, 1.82) is 0 Å². The molecule has 0 unspecified atom stereocenters. The van der Waals surface area contributed by atoms with Crippen LogP contribution >= 0.6 is 0 Å². The van der Waals surface area contributed by atoms with Gasteiger partial charge >= 0.3 is 18.0 Å². The predicted molar refractivity (Wildman–Crippen MR) is 81.1 cm³/mol. The van der Waals surface area contributed by atoms with Crippen molar-refractivity contribution in [3.05, 3.63) is 0 Å². The van der Waals surface area contributed by atoms with Crippen molar-refractivity contribution in [3.63, 3.8) is 0 Å². The van der Waals surface area contributed by atoms with E-state index in [0.717, 1.165) is 0 Å². The highest BCUT2D eigenvalue weighted by molar-refractivity contribution is 5.83. The van der Waals surface area contributed by atoms with E-state index < -0.39 is 30.2 Å². The molecule has 1 aliphatic rings. The summed E-state index contributed by atoms with van der Waals surface area (Å²) in [5.74, 6) is -1.19. The van der Waals surface area contributed by atoms with Crippen LogP contribution in [0.1, 0.15) is 26.2 Å². The van der Waals surface area contributed by atoms with Gasteiger partial charge in [0, 0.05) is 20.1 Å². The molecule has 0 N–H and O–H groups in total. The largest absolute Gasteiger partial charge is 0.467 e. The Morgan fingerprint density at radius 1 is 1.08 bits per heavy atom. The topological polar surface area (TPSA) is 101 Å². The number of rotatable bonds is 7. The molecular formula is C15H25NO8. The van der Waals surface area contributed by atoms with Gasteiger partial charge in [-0.15, -0.1) is 0 Å². The number of likely N-dealkylation sites (tertiary alicyclic amines) is 1. The first-order chi connectivity index (χ1) is 11.5. The van der Waals surface area contributed by atoms with Gasteiger partial charge in [-0.2, -0.15) is 0 Å². The van der Waals surface area contributed by atoms with Crippen molar-refractivity contribution in [3.8, 4) is 0 Å². The second-order valence-corrected chi connectivity index (χ2v) is 5.33. The van der Waals surface area contributed by atoms with Crippen LogP contribution in [0.25, 0.3) is 0 Å². The number of methoxy groups -OCH3 is 3. The third-order valence-corrected chi connectivity index (χ3v) is 3.77. The maximum absolute atomic E-state index is 12.2. The summed E-state index contributed by atoms with van der Waals surface area (Å²) in [7, 11) is 3.96. The molecule has 0 aromatic heterocycles. The molecule has 3 atom stereocenters. The van der Waals surface area contributed by atoms with Crippen LogP contribution in [-0.2, 0) is 33.3 Å². The molecular weight excluding hydrogens is 322 g/mol. The Hall–Kier alpha value is -1.87. The maximum Gasteiger partial charge on any atom is 0.410 e. The molecule has 138 valence electrons. The molecule has 0 radical (unpaired) electrons. The molecule has 0 aromatic carbocycles. The zero-order valence-electron chi connectivity index (χ0n) is 14.5. The lowest BCUT2D eigenvalue weighted by molar-refractivity contribution is -0.166. The first-order valence-corrected chi connectivity index (χ1v) is 7.64. The van der Waals surface area contributed by atoms with E-state index >= 15 is 0 Å². The van der Waals surface area contributed by atoms with Crippen molar-refractivity contribution in [1.82, 2.24) is 4.90 Å². The van der Waals surface area contributed by atoms with Crippen molar-refractivity contribution in [2.24, 2.45) is 0 Å². The summed E-state index contributed by atoms with van der Waals surface area (Å²) in [6.45, 7) is 1.74. The Kier molecular flexibility index (Phi) is 8.48. The number of carbonyl (C=O) groups is 3. The highest BCUT2D eigenvalue weighted by Gasteiger charge is 2.47. The fraction of sp³-hybridized carbons (Fsp3) is 0.800. The number of esters is 2. The summed E-state index contributed by atoms with van der Waals surface area (Å²) in [6, 6.07) is -1.35. The van der Waals surface area contributed by atoms with E-state index in [9.17, 15) is 14.4 Å². The molecule has 0 spiro atoms. The van der Waals surface area contributed by atoms with Gasteiger partial charge in [-0.25, -0.2) is 9.59 Å². The zero-order valence-corrected chi connectivity index (χ0v) is 14.5. The normalized spacial score (nSPS) is 23.5. The van der Waals surface area contributed by atoms with E-state index in [-0.39, 0.29) is 12.8 Å². The Labute approximate surface area is 141 Å². The smallest absolute Gasteiger partial charge is 0.410 e. The number of carbonyl (C=O) groups excluding carboxylic acids is 3. The molecule has 0 saturated carbocycles. The SMILES string of the molecule is COCOCC[C@@H]1CC[C@H](OC(C)=O)[C@H](C(=O)OC)N1C(=O)OC. The second-order valence-electron chi connectivity index (χ2n) is 5.33. The Morgan fingerprint density at radius 2 is 1.79 bits per heavy atom. The molecule has 9 heteroatoms. The van der Waals surface area contributed by atoms with Gasteiger partial charge in [0.1, 0.15) is 12.9 Å². The Bertz CT molecular complexity index is 441. The summed E-state index contributed by atoms with van der Waals surface area (Å²) in [5.41, 5.74) is 0. The van der Waals surface area contributed by atoms with Gasteiger partial charge < -0.3 is 23.7 Å². The van der Waals surface area contributed by atoms with Crippen LogP contribution in [0.4, 0.5) is 4.79 Å². The number of nitrogens with zero attached hydrogens (tertiary/aromatic N) is 1. The molecule has 24 heavy (non-hydrogen) atoms. The van der Waals surface area contributed by atoms with Crippen LogP contribution in [-0.4, -0.2) is 75.8 Å². The average Bonchev–Trinajstić information content (AvgIpc) is 2.57. The lowest BCUT2D eigenvalue weighted by Crippen LogP contribution is -2.60. The van der Waals surface area contributed by atoms with Crippen LogP contribution in [0.15, 0.2) is 0 Å². The third-order valence-electron chi connectivity index (χ3n) is 3.77. The van der Waals surface area contributed by atoms with E-state index in [4.69, 9.17) is 23.7 Å². The van der Waals surface area contributed by atoms with Crippen LogP contribution in [0.2, 0.25) is 0 Å². The zero-order chi connectivity index (χ0) is 18.1. The van der Waals surface area contributed by atoms with Gasteiger partial charge in [-0.3, -0.25) is 9.69 Å². The number of amides is 1. The third kappa shape index (κ3) is 5.34. The van der Waals surface area contributed by atoms with E-state index in [0.29, 0.717) is 25.9 Å². The first kappa shape index (κ1) is 20.2. The molecule has 1 heterocycles. The van der Waals surface area contributed by atoms with Crippen molar-refractivity contribution < 1.29 is 38.1 Å². The number of hydrogen-bond acceptors (Lipinski definition) is 8. The average molecular weight is 347 g/mol. The van der Waals surface area contributed by atoms with Crippen molar-refractivity contribution in [2.75, 3.05) is 34.7 Å². The van der Waals surface area contributed by atoms with Gasteiger partial charge in [-0.05, 0) is 19.3 Å². The lowest BCUT2D eigenvalue weighted by atomic mass is 9.91. The lowest BCUT2D eigenvalue weighted by Gasteiger charge is -2.43.